The summed E-state index contributed by atoms with van der Waals surface area (Å²) in [6, 6.07) is 14.7. The number of allylic oxidation sites excluding steroid dienone is 1. The minimum absolute atomic E-state index is 0.119. The van der Waals surface area contributed by atoms with E-state index in [1.165, 1.54) is 5.56 Å². The average molecular weight is 376 g/mol. The molecule has 0 amide bonds. The maximum Gasteiger partial charge on any atom is 0.244 e. The molecule has 3 aromatic rings. The molecule has 2 aromatic heterocycles. The van der Waals surface area contributed by atoms with Crippen molar-refractivity contribution in [2.24, 2.45) is 11.7 Å². The largest absolute Gasteiger partial charge is 0.420 e. The summed E-state index contributed by atoms with van der Waals surface area (Å²) in [6.45, 7) is 4.42. The first kappa shape index (κ1) is 17.4. The van der Waals surface area contributed by atoms with Gasteiger partial charge in [0.05, 0.1) is 17.2 Å². The van der Waals surface area contributed by atoms with E-state index in [9.17, 15) is 5.26 Å². The van der Waals surface area contributed by atoms with Crippen LogP contribution >= 0.6 is 11.3 Å². The highest BCUT2D eigenvalue weighted by atomic mass is 32.1. The maximum absolute atomic E-state index is 9.68. The van der Waals surface area contributed by atoms with Crippen molar-refractivity contribution in [2.45, 2.75) is 26.2 Å². The second kappa shape index (κ2) is 6.93. The minimum Gasteiger partial charge on any atom is -0.420 e. The first-order chi connectivity index (χ1) is 13.1. The zero-order valence-electron chi connectivity index (χ0n) is 15.2. The smallest absolute Gasteiger partial charge is 0.244 e. The number of aromatic nitrogens is 2. The molecule has 3 N–H and O–H groups in total. The zero-order chi connectivity index (χ0) is 19.0. The van der Waals surface area contributed by atoms with E-state index in [4.69, 9.17) is 10.5 Å². The number of nitriles is 1. The van der Waals surface area contributed by atoms with Gasteiger partial charge in [-0.2, -0.15) is 5.26 Å². The van der Waals surface area contributed by atoms with Crippen LogP contribution in [0.5, 0.6) is 5.88 Å². The molecule has 0 bridgehead atoms. The number of thiophene rings is 1. The molecular formula is C21H20N4OS. The normalized spacial score (nSPS) is 16.1. The van der Waals surface area contributed by atoms with Crippen LogP contribution in [-0.2, 0) is 6.42 Å². The molecule has 0 spiro atoms. The third-order valence-electron chi connectivity index (χ3n) is 4.65. The Labute approximate surface area is 162 Å². The first-order valence-corrected chi connectivity index (χ1v) is 9.75. The molecule has 6 heteroatoms. The second-order valence-corrected chi connectivity index (χ2v) is 8.03. The topological polar surface area (TPSA) is 87.7 Å². The van der Waals surface area contributed by atoms with Crippen molar-refractivity contribution < 1.29 is 4.74 Å². The van der Waals surface area contributed by atoms with Gasteiger partial charge in [-0.15, -0.1) is 16.4 Å². The number of rotatable bonds is 4. The third-order valence-corrected chi connectivity index (χ3v) is 5.59. The van der Waals surface area contributed by atoms with Crippen molar-refractivity contribution in [3.63, 3.8) is 0 Å². The average Bonchev–Trinajstić information content (AvgIpc) is 3.30. The number of hydrogen-bond acceptors (Lipinski definition) is 5. The molecule has 1 aliphatic rings. The van der Waals surface area contributed by atoms with Crippen LogP contribution in [0.2, 0.25) is 0 Å². The molecule has 3 heterocycles. The predicted molar refractivity (Wildman–Crippen MR) is 106 cm³/mol. The molecule has 1 aliphatic heterocycles. The highest BCUT2D eigenvalue weighted by molar-refractivity contribution is 7.10. The van der Waals surface area contributed by atoms with Gasteiger partial charge in [0, 0.05) is 10.4 Å². The summed E-state index contributed by atoms with van der Waals surface area (Å²) in [5, 5.41) is 19.1. The van der Waals surface area contributed by atoms with Crippen molar-refractivity contribution in [1.82, 2.24) is 10.2 Å². The molecule has 0 aliphatic carbocycles. The van der Waals surface area contributed by atoms with Crippen molar-refractivity contribution in [3.8, 4) is 23.2 Å². The van der Waals surface area contributed by atoms with Crippen LogP contribution in [0.15, 0.2) is 53.2 Å². The lowest BCUT2D eigenvalue weighted by Crippen LogP contribution is -2.20. The molecule has 0 saturated carbocycles. The number of aromatic amines is 1. The van der Waals surface area contributed by atoms with Gasteiger partial charge in [0.25, 0.3) is 0 Å². The van der Waals surface area contributed by atoms with Crippen molar-refractivity contribution in [1.29, 1.82) is 5.26 Å². The lowest BCUT2D eigenvalue weighted by Gasteiger charge is -2.22. The van der Waals surface area contributed by atoms with E-state index in [-0.39, 0.29) is 11.8 Å². The zero-order valence-corrected chi connectivity index (χ0v) is 16.0. The van der Waals surface area contributed by atoms with Gasteiger partial charge < -0.3 is 10.5 Å². The molecule has 4 rings (SSSR count). The number of hydrogen-bond donors (Lipinski definition) is 2. The van der Waals surface area contributed by atoms with Gasteiger partial charge in [0.2, 0.25) is 11.8 Å². The van der Waals surface area contributed by atoms with E-state index >= 15 is 0 Å². The van der Waals surface area contributed by atoms with Crippen LogP contribution in [0.1, 0.15) is 35.8 Å². The maximum atomic E-state index is 9.68. The van der Waals surface area contributed by atoms with E-state index in [0.717, 1.165) is 28.1 Å². The lowest BCUT2D eigenvalue weighted by atomic mass is 9.87. The Kier molecular flexibility index (Phi) is 4.46. The van der Waals surface area contributed by atoms with Gasteiger partial charge >= 0.3 is 0 Å². The SMILES string of the molecule is CC(C)Cc1ccc(-c2[nH]nc3c2C(c2cccs2)C(C#N)=C(N)O3)cc1. The minimum atomic E-state index is -0.275. The number of H-pyrrole nitrogens is 1. The fraction of sp³-hybridized carbons (Fsp3) is 0.238. The fourth-order valence-electron chi connectivity index (χ4n) is 3.48. The summed E-state index contributed by atoms with van der Waals surface area (Å²) in [5.74, 6) is 0.890. The molecule has 136 valence electrons. The van der Waals surface area contributed by atoms with Gasteiger partial charge in [0.15, 0.2) is 0 Å². The number of fused-ring (bicyclic) bond motifs is 1. The summed E-state index contributed by atoms with van der Waals surface area (Å²) < 4.78 is 5.64. The first-order valence-electron chi connectivity index (χ1n) is 8.87. The van der Waals surface area contributed by atoms with Crippen LogP contribution in [0, 0.1) is 17.2 Å². The summed E-state index contributed by atoms with van der Waals surface area (Å²) in [4.78, 5) is 1.04. The lowest BCUT2D eigenvalue weighted by molar-refractivity contribution is 0.379. The van der Waals surface area contributed by atoms with Gasteiger partial charge in [0.1, 0.15) is 11.6 Å². The van der Waals surface area contributed by atoms with Gasteiger partial charge in [-0.3, -0.25) is 5.10 Å². The number of benzene rings is 1. The van der Waals surface area contributed by atoms with Crippen LogP contribution in [0.25, 0.3) is 11.3 Å². The molecule has 27 heavy (non-hydrogen) atoms. The molecule has 5 nitrogen and oxygen atoms in total. The Bertz CT molecular complexity index is 1020. The molecule has 1 atom stereocenters. The standard InChI is InChI=1S/C21H20N4OS/c1-12(2)10-13-5-7-14(8-6-13)19-18-17(16-4-3-9-27-16)15(11-22)20(23)26-21(18)25-24-19/h3-9,12,17H,10,23H2,1-2H3,(H,24,25). The van der Waals surface area contributed by atoms with Crippen LogP contribution in [0.4, 0.5) is 0 Å². The van der Waals surface area contributed by atoms with Crippen LogP contribution in [0.3, 0.4) is 0 Å². The van der Waals surface area contributed by atoms with E-state index in [1.807, 2.05) is 17.5 Å². The van der Waals surface area contributed by atoms with Crippen molar-refractivity contribution >= 4 is 11.3 Å². The Morgan fingerprint density at radius 3 is 2.70 bits per heavy atom. The number of nitrogens with one attached hydrogen (secondary N) is 1. The quantitative estimate of drug-likeness (QED) is 0.699. The van der Waals surface area contributed by atoms with E-state index in [0.29, 0.717) is 17.4 Å². The summed E-state index contributed by atoms with van der Waals surface area (Å²) in [7, 11) is 0. The third kappa shape index (κ3) is 3.11. The summed E-state index contributed by atoms with van der Waals surface area (Å²) >= 11 is 1.59. The monoisotopic (exact) mass is 376 g/mol. The van der Waals surface area contributed by atoms with Crippen molar-refractivity contribution in [2.75, 3.05) is 0 Å². The van der Waals surface area contributed by atoms with E-state index in [1.54, 1.807) is 11.3 Å². The van der Waals surface area contributed by atoms with Crippen LogP contribution in [-0.4, -0.2) is 10.2 Å². The highest BCUT2D eigenvalue weighted by Gasteiger charge is 2.36. The molecule has 1 unspecified atom stereocenters. The molecule has 0 fully saturated rings. The highest BCUT2D eigenvalue weighted by Crippen LogP contribution is 2.46. The van der Waals surface area contributed by atoms with Crippen molar-refractivity contribution in [3.05, 3.63) is 69.2 Å². The molecule has 0 saturated heterocycles. The predicted octanol–water partition coefficient (Wildman–Crippen LogP) is 4.55. The Hall–Kier alpha value is -3.04. The summed E-state index contributed by atoms with van der Waals surface area (Å²) in [6.07, 6.45) is 1.04. The van der Waals surface area contributed by atoms with E-state index < -0.39 is 0 Å². The van der Waals surface area contributed by atoms with Gasteiger partial charge in [-0.05, 0) is 29.3 Å². The fourth-order valence-corrected chi connectivity index (χ4v) is 4.33. The Morgan fingerprint density at radius 2 is 2.07 bits per heavy atom. The summed E-state index contributed by atoms with van der Waals surface area (Å²) in [5.41, 5.74) is 10.5. The van der Waals surface area contributed by atoms with Gasteiger partial charge in [-0.1, -0.05) is 44.2 Å². The van der Waals surface area contributed by atoms with E-state index in [2.05, 4.69) is 54.4 Å². The Morgan fingerprint density at radius 1 is 1.30 bits per heavy atom. The molecular weight excluding hydrogens is 356 g/mol. The number of nitrogens with two attached hydrogens (primary N) is 1. The molecule has 1 aromatic carbocycles. The Balaban J connectivity index is 1.81. The number of ether oxygens (including phenoxy) is 1. The number of nitrogens with zero attached hydrogens (tertiary/aromatic N) is 2. The molecule has 0 radical (unpaired) electrons. The second-order valence-electron chi connectivity index (χ2n) is 7.05. The van der Waals surface area contributed by atoms with Crippen LogP contribution < -0.4 is 10.5 Å². The van der Waals surface area contributed by atoms with Gasteiger partial charge in [-0.25, -0.2) is 0 Å².